The Labute approximate surface area is 109 Å². The SMILES string of the molecule is CCN1CCOC(CN2CCCC2CC(=O)O)C1. The van der Waals surface area contributed by atoms with Crippen LogP contribution in [0.1, 0.15) is 26.2 Å². The summed E-state index contributed by atoms with van der Waals surface area (Å²) in [6.45, 7) is 7.94. The molecule has 2 saturated heterocycles. The number of hydrogen-bond acceptors (Lipinski definition) is 4. The van der Waals surface area contributed by atoms with E-state index in [0.29, 0.717) is 0 Å². The number of morpholine rings is 1. The Hall–Kier alpha value is -0.650. The van der Waals surface area contributed by atoms with E-state index in [1.807, 2.05) is 0 Å². The van der Waals surface area contributed by atoms with Gasteiger partial charge in [0.1, 0.15) is 0 Å². The van der Waals surface area contributed by atoms with Crippen LogP contribution in [0, 0.1) is 0 Å². The summed E-state index contributed by atoms with van der Waals surface area (Å²) in [7, 11) is 0. The summed E-state index contributed by atoms with van der Waals surface area (Å²) >= 11 is 0. The van der Waals surface area contributed by atoms with Crippen LogP contribution >= 0.6 is 0 Å². The van der Waals surface area contributed by atoms with E-state index in [0.717, 1.165) is 52.2 Å². The van der Waals surface area contributed by atoms with Crippen LogP contribution in [0.15, 0.2) is 0 Å². The van der Waals surface area contributed by atoms with Crippen molar-refractivity contribution in [3.8, 4) is 0 Å². The van der Waals surface area contributed by atoms with Gasteiger partial charge < -0.3 is 9.84 Å². The molecule has 2 atom stereocenters. The topological polar surface area (TPSA) is 53.0 Å². The number of rotatable bonds is 5. The number of carboxylic acids is 1. The fourth-order valence-corrected chi connectivity index (χ4v) is 3.01. The summed E-state index contributed by atoms with van der Waals surface area (Å²) in [4.78, 5) is 15.5. The Bertz CT molecular complexity index is 285. The minimum absolute atomic E-state index is 0.211. The van der Waals surface area contributed by atoms with E-state index in [1.54, 1.807) is 0 Å². The number of carbonyl (C=O) groups is 1. The number of ether oxygens (including phenoxy) is 1. The first kappa shape index (κ1) is 13.8. The molecule has 1 N–H and O–H groups in total. The van der Waals surface area contributed by atoms with Crippen molar-refractivity contribution in [2.75, 3.05) is 39.3 Å². The molecule has 2 rings (SSSR count). The van der Waals surface area contributed by atoms with Crippen LogP contribution in [-0.4, -0.2) is 72.4 Å². The van der Waals surface area contributed by atoms with Crippen molar-refractivity contribution < 1.29 is 14.6 Å². The van der Waals surface area contributed by atoms with Gasteiger partial charge in [0.2, 0.25) is 0 Å². The molecule has 0 radical (unpaired) electrons. The van der Waals surface area contributed by atoms with Gasteiger partial charge in [-0.1, -0.05) is 6.92 Å². The van der Waals surface area contributed by atoms with Crippen LogP contribution in [0.25, 0.3) is 0 Å². The monoisotopic (exact) mass is 256 g/mol. The molecule has 0 amide bonds. The zero-order valence-corrected chi connectivity index (χ0v) is 11.2. The Morgan fingerprint density at radius 2 is 2.28 bits per heavy atom. The lowest BCUT2D eigenvalue weighted by molar-refractivity contribution is -0.138. The fourth-order valence-electron chi connectivity index (χ4n) is 3.01. The molecular formula is C13H24N2O3. The Kier molecular flexibility index (Phi) is 4.97. The largest absolute Gasteiger partial charge is 0.481 e. The van der Waals surface area contributed by atoms with Crippen molar-refractivity contribution in [3.05, 3.63) is 0 Å². The second-order valence-corrected chi connectivity index (χ2v) is 5.27. The summed E-state index contributed by atoms with van der Waals surface area (Å²) < 4.78 is 5.79. The Morgan fingerprint density at radius 1 is 1.44 bits per heavy atom. The molecule has 5 heteroatoms. The molecule has 5 nitrogen and oxygen atoms in total. The molecule has 2 aliphatic heterocycles. The minimum Gasteiger partial charge on any atom is -0.481 e. The Morgan fingerprint density at radius 3 is 3.00 bits per heavy atom. The van der Waals surface area contributed by atoms with E-state index in [-0.39, 0.29) is 18.6 Å². The standard InChI is InChI=1S/C13H24N2O3/c1-2-14-6-7-18-12(9-14)10-15-5-3-4-11(15)8-13(16)17/h11-12H,2-10H2,1H3,(H,16,17). The third-order valence-electron chi connectivity index (χ3n) is 4.02. The zero-order chi connectivity index (χ0) is 13.0. The van der Waals surface area contributed by atoms with E-state index in [1.165, 1.54) is 0 Å². The number of hydrogen-bond donors (Lipinski definition) is 1. The maximum absolute atomic E-state index is 10.8. The van der Waals surface area contributed by atoms with Gasteiger partial charge in [-0.15, -0.1) is 0 Å². The highest BCUT2D eigenvalue weighted by Crippen LogP contribution is 2.21. The van der Waals surface area contributed by atoms with Crippen molar-refractivity contribution in [1.29, 1.82) is 0 Å². The van der Waals surface area contributed by atoms with Crippen LogP contribution in [0.4, 0.5) is 0 Å². The molecule has 104 valence electrons. The third kappa shape index (κ3) is 3.67. The van der Waals surface area contributed by atoms with E-state index >= 15 is 0 Å². The van der Waals surface area contributed by atoms with Crippen LogP contribution < -0.4 is 0 Å². The normalized spacial score (nSPS) is 30.7. The lowest BCUT2D eigenvalue weighted by Gasteiger charge is -2.35. The van der Waals surface area contributed by atoms with Crippen molar-refractivity contribution in [3.63, 3.8) is 0 Å². The molecule has 0 saturated carbocycles. The van der Waals surface area contributed by atoms with E-state index in [9.17, 15) is 4.79 Å². The molecule has 2 heterocycles. The molecule has 0 aromatic heterocycles. The molecule has 0 aromatic carbocycles. The summed E-state index contributed by atoms with van der Waals surface area (Å²) in [6, 6.07) is 0.211. The number of likely N-dealkylation sites (tertiary alicyclic amines) is 1. The summed E-state index contributed by atoms with van der Waals surface area (Å²) in [5.74, 6) is -0.688. The molecule has 2 fully saturated rings. The average Bonchev–Trinajstić information content (AvgIpc) is 2.76. The minimum atomic E-state index is -0.688. The molecule has 2 unspecified atom stereocenters. The van der Waals surface area contributed by atoms with Crippen molar-refractivity contribution >= 4 is 5.97 Å². The summed E-state index contributed by atoms with van der Waals surface area (Å²) in [6.07, 6.45) is 2.64. The first-order valence-corrected chi connectivity index (χ1v) is 6.99. The van der Waals surface area contributed by atoms with Crippen molar-refractivity contribution in [2.45, 2.75) is 38.3 Å². The van der Waals surface area contributed by atoms with Gasteiger partial charge in [-0.3, -0.25) is 14.6 Å². The quantitative estimate of drug-likeness (QED) is 0.782. The number of carboxylic acid groups (broad SMARTS) is 1. The molecule has 0 bridgehead atoms. The van der Waals surface area contributed by atoms with Gasteiger partial charge in [0.15, 0.2) is 0 Å². The van der Waals surface area contributed by atoms with Gasteiger partial charge >= 0.3 is 5.97 Å². The van der Waals surface area contributed by atoms with Gasteiger partial charge in [0, 0.05) is 25.7 Å². The number of nitrogens with zero attached hydrogens (tertiary/aromatic N) is 2. The number of likely N-dealkylation sites (N-methyl/N-ethyl adjacent to an activating group) is 1. The van der Waals surface area contributed by atoms with Gasteiger partial charge in [-0.25, -0.2) is 0 Å². The van der Waals surface area contributed by atoms with Crippen LogP contribution in [-0.2, 0) is 9.53 Å². The maximum atomic E-state index is 10.8. The van der Waals surface area contributed by atoms with Crippen molar-refractivity contribution in [2.24, 2.45) is 0 Å². The lowest BCUT2D eigenvalue weighted by atomic mass is 10.1. The average molecular weight is 256 g/mol. The van der Waals surface area contributed by atoms with Gasteiger partial charge in [0.25, 0.3) is 0 Å². The summed E-state index contributed by atoms with van der Waals surface area (Å²) in [5.41, 5.74) is 0. The highest BCUT2D eigenvalue weighted by molar-refractivity contribution is 5.67. The molecule has 0 aromatic rings. The highest BCUT2D eigenvalue weighted by Gasteiger charge is 2.30. The van der Waals surface area contributed by atoms with Crippen molar-refractivity contribution in [1.82, 2.24) is 9.80 Å². The number of aliphatic carboxylic acids is 1. The van der Waals surface area contributed by atoms with Crippen LogP contribution in [0.5, 0.6) is 0 Å². The molecule has 0 spiro atoms. The zero-order valence-electron chi connectivity index (χ0n) is 11.2. The predicted molar refractivity (Wildman–Crippen MR) is 68.7 cm³/mol. The van der Waals surface area contributed by atoms with Crippen LogP contribution in [0.3, 0.4) is 0 Å². The predicted octanol–water partition coefficient (Wildman–Crippen LogP) is 0.646. The van der Waals surface area contributed by atoms with E-state index < -0.39 is 5.97 Å². The molecule has 0 aliphatic carbocycles. The van der Waals surface area contributed by atoms with Gasteiger partial charge in [-0.05, 0) is 25.9 Å². The maximum Gasteiger partial charge on any atom is 0.304 e. The molecule has 2 aliphatic rings. The van der Waals surface area contributed by atoms with Gasteiger partial charge in [0.05, 0.1) is 19.1 Å². The second kappa shape index (κ2) is 6.50. The van der Waals surface area contributed by atoms with Crippen LogP contribution in [0.2, 0.25) is 0 Å². The summed E-state index contributed by atoms with van der Waals surface area (Å²) in [5, 5.41) is 8.91. The van der Waals surface area contributed by atoms with E-state index in [4.69, 9.17) is 9.84 Å². The lowest BCUT2D eigenvalue weighted by Crippen LogP contribution is -2.48. The smallest absolute Gasteiger partial charge is 0.304 e. The Balaban J connectivity index is 1.82. The first-order chi connectivity index (χ1) is 8.69. The second-order valence-electron chi connectivity index (χ2n) is 5.27. The van der Waals surface area contributed by atoms with Gasteiger partial charge in [-0.2, -0.15) is 0 Å². The fraction of sp³-hybridized carbons (Fsp3) is 0.923. The van der Waals surface area contributed by atoms with E-state index in [2.05, 4.69) is 16.7 Å². The molecular weight excluding hydrogens is 232 g/mol. The third-order valence-corrected chi connectivity index (χ3v) is 4.02. The molecule has 18 heavy (non-hydrogen) atoms. The first-order valence-electron chi connectivity index (χ1n) is 6.99. The highest BCUT2D eigenvalue weighted by atomic mass is 16.5.